The number of esters is 1. The topological polar surface area (TPSA) is 50.4 Å². The van der Waals surface area contributed by atoms with E-state index in [0.717, 1.165) is 10.9 Å². The van der Waals surface area contributed by atoms with Crippen LogP contribution in [0.3, 0.4) is 0 Å². The third kappa shape index (κ3) is 2.67. The summed E-state index contributed by atoms with van der Waals surface area (Å²) in [6, 6.07) is 12.1. The molecule has 3 rings (SSSR count). The fourth-order valence-electron chi connectivity index (χ4n) is 2.60. The van der Waals surface area contributed by atoms with E-state index in [1.807, 2.05) is 6.07 Å². The number of carbonyl (C=O) groups excluding carboxylic acids is 1. The minimum Gasteiger partial charge on any atom is -0.466 e. The quantitative estimate of drug-likeness (QED) is 0.659. The summed E-state index contributed by atoms with van der Waals surface area (Å²) in [7, 11) is 1.37. The summed E-state index contributed by atoms with van der Waals surface area (Å²) < 4.78 is 4.85. The number of fused-ring (bicyclic) bond motifs is 1. The maximum Gasteiger partial charge on any atom is 0.337 e. The van der Waals surface area contributed by atoms with Gasteiger partial charge in [0.2, 0.25) is 0 Å². The lowest BCUT2D eigenvalue weighted by Crippen LogP contribution is -2.42. The number of methoxy groups -OCH3 is 1. The average molecular weight is 312 g/mol. The van der Waals surface area contributed by atoms with Crippen LogP contribution in [0.4, 0.5) is 0 Å². The van der Waals surface area contributed by atoms with Gasteiger partial charge in [0.25, 0.3) is 0 Å². The zero-order valence-corrected chi connectivity index (χ0v) is 13.2. The largest absolute Gasteiger partial charge is 0.466 e. The van der Waals surface area contributed by atoms with Gasteiger partial charge in [-0.05, 0) is 41.5 Å². The van der Waals surface area contributed by atoms with Gasteiger partial charge in [0.1, 0.15) is 0 Å². The van der Waals surface area contributed by atoms with Crippen LogP contribution in [0.25, 0.3) is 10.8 Å². The predicted octanol–water partition coefficient (Wildman–Crippen LogP) is 2.72. The van der Waals surface area contributed by atoms with E-state index in [9.17, 15) is 4.79 Å². The van der Waals surface area contributed by atoms with Crippen molar-refractivity contribution in [2.75, 3.05) is 7.11 Å². The van der Waals surface area contributed by atoms with Crippen molar-refractivity contribution in [1.82, 2.24) is 10.6 Å². The molecule has 0 aliphatic carbocycles. The summed E-state index contributed by atoms with van der Waals surface area (Å²) in [5.74, 6) is -0.378. The molecule has 0 radical (unpaired) electrons. The average Bonchev–Trinajstić information content (AvgIpc) is 2.53. The Morgan fingerprint density at radius 3 is 2.68 bits per heavy atom. The fourth-order valence-corrected chi connectivity index (χ4v) is 2.77. The van der Waals surface area contributed by atoms with Gasteiger partial charge in [-0.2, -0.15) is 0 Å². The molecule has 5 heteroatoms. The lowest BCUT2D eigenvalue weighted by molar-refractivity contribution is -0.136. The molecule has 1 heterocycles. The van der Waals surface area contributed by atoms with Gasteiger partial charge < -0.3 is 15.4 Å². The zero-order valence-electron chi connectivity index (χ0n) is 12.3. The van der Waals surface area contributed by atoms with Crippen LogP contribution in [0.2, 0.25) is 0 Å². The third-order valence-electron chi connectivity index (χ3n) is 3.72. The Bertz CT molecular complexity index is 798. The summed E-state index contributed by atoms with van der Waals surface area (Å²) in [4.78, 5) is 12.0. The Morgan fingerprint density at radius 2 is 1.91 bits per heavy atom. The summed E-state index contributed by atoms with van der Waals surface area (Å²) in [5.41, 5.74) is 2.69. The molecule has 1 atom stereocenters. The van der Waals surface area contributed by atoms with Crippen molar-refractivity contribution in [3.8, 4) is 0 Å². The molecule has 0 fully saturated rings. The van der Waals surface area contributed by atoms with Crippen LogP contribution >= 0.6 is 12.2 Å². The molecule has 0 amide bonds. The van der Waals surface area contributed by atoms with E-state index in [4.69, 9.17) is 17.0 Å². The van der Waals surface area contributed by atoms with Gasteiger partial charge in [-0.25, -0.2) is 4.79 Å². The molecule has 1 aliphatic rings. The molecular weight excluding hydrogens is 296 g/mol. The lowest BCUT2D eigenvalue weighted by atomic mass is 9.95. The first-order valence-corrected chi connectivity index (χ1v) is 7.35. The number of aryl methyl sites for hydroxylation is 1. The van der Waals surface area contributed by atoms with Crippen LogP contribution in [0.1, 0.15) is 17.2 Å². The first-order valence-electron chi connectivity index (χ1n) is 6.94. The van der Waals surface area contributed by atoms with E-state index >= 15 is 0 Å². The minimum absolute atomic E-state index is 0.313. The molecule has 2 N–H and O–H groups in total. The second kappa shape index (κ2) is 5.77. The van der Waals surface area contributed by atoms with E-state index in [1.54, 1.807) is 6.20 Å². The highest BCUT2D eigenvalue weighted by Crippen LogP contribution is 2.27. The molecular formula is C17H16N2O2S. The van der Waals surface area contributed by atoms with Gasteiger partial charge in [-0.1, -0.05) is 35.9 Å². The molecule has 0 spiro atoms. The Labute approximate surface area is 134 Å². The standard InChI is InChI=1S/C17H16N2O2S/c1-10-3-4-12-8-13(6-5-11(12)7-10)15-14(16(20)21-2)9-18-17(22)19-15/h3-9,15H,1-2H3,(H2,18,19,22). The summed E-state index contributed by atoms with van der Waals surface area (Å²) >= 11 is 5.15. The van der Waals surface area contributed by atoms with Gasteiger partial charge in [0.05, 0.1) is 18.7 Å². The number of hydrogen-bond acceptors (Lipinski definition) is 3. The first-order chi connectivity index (χ1) is 10.6. The van der Waals surface area contributed by atoms with E-state index < -0.39 is 0 Å². The third-order valence-corrected chi connectivity index (χ3v) is 3.96. The molecule has 0 saturated heterocycles. The molecule has 22 heavy (non-hydrogen) atoms. The van der Waals surface area contributed by atoms with Crippen molar-refractivity contribution in [2.45, 2.75) is 13.0 Å². The lowest BCUT2D eigenvalue weighted by Gasteiger charge is -2.26. The van der Waals surface area contributed by atoms with Gasteiger partial charge >= 0.3 is 5.97 Å². The molecule has 112 valence electrons. The van der Waals surface area contributed by atoms with E-state index in [0.29, 0.717) is 10.7 Å². The van der Waals surface area contributed by atoms with E-state index in [2.05, 4.69) is 47.9 Å². The number of benzene rings is 2. The monoisotopic (exact) mass is 312 g/mol. The van der Waals surface area contributed by atoms with Crippen LogP contribution in [0.5, 0.6) is 0 Å². The van der Waals surface area contributed by atoms with Crippen molar-refractivity contribution >= 4 is 34.1 Å². The number of thiocarbonyl (C=S) groups is 1. The van der Waals surface area contributed by atoms with Crippen LogP contribution in [-0.2, 0) is 9.53 Å². The molecule has 4 nitrogen and oxygen atoms in total. The van der Waals surface area contributed by atoms with Gasteiger partial charge in [-0.15, -0.1) is 0 Å². The molecule has 0 saturated carbocycles. The SMILES string of the molecule is COC(=O)C1=CNC(=S)NC1c1ccc2cc(C)ccc2c1. The van der Waals surface area contributed by atoms with Crippen molar-refractivity contribution in [3.63, 3.8) is 0 Å². The van der Waals surface area contributed by atoms with E-state index in [1.165, 1.54) is 18.1 Å². The van der Waals surface area contributed by atoms with Crippen LogP contribution in [-0.4, -0.2) is 18.2 Å². The van der Waals surface area contributed by atoms with Crippen molar-refractivity contribution < 1.29 is 9.53 Å². The summed E-state index contributed by atoms with van der Waals surface area (Å²) in [5, 5.41) is 8.76. The number of hydrogen-bond donors (Lipinski definition) is 2. The molecule has 0 bridgehead atoms. The van der Waals surface area contributed by atoms with Crippen molar-refractivity contribution in [1.29, 1.82) is 0 Å². The molecule has 2 aromatic carbocycles. The number of carbonyl (C=O) groups is 1. The van der Waals surface area contributed by atoms with Crippen LogP contribution in [0.15, 0.2) is 48.2 Å². The molecule has 0 aromatic heterocycles. The van der Waals surface area contributed by atoms with Crippen molar-refractivity contribution in [2.24, 2.45) is 0 Å². The number of nitrogens with one attached hydrogen (secondary N) is 2. The summed E-state index contributed by atoms with van der Waals surface area (Å²) in [6.07, 6.45) is 1.61. The Balaban J connectivity index is 2.05. The first kappa shape index (κ1) is 14.5. The van der Waals surface area contributed by atoms with Gasteiger partial charge in [-0.3, -0.25) is 0 Å². The van der Waals surface area contributed by atoms with Crippen LogP contribution < -0.4 is 10.6 Å². The molecule has 1 aliphatic heterocycles. The molecule has 2 aromatic rings. The highest BCUT2D eigenvalue weighted by molar-refractivity contribution is 7.80. The van der Waals surface area contributed by atoms with Crippen LogP contribution in [0, 0.1) is 6.92 Å². The fraction of sp³-hybridized carbons (Fsp3) is 0.176. The normalized spacial score (nSPS) is 17.5. The highest BCUT2D eigenvalue weighted by Gasteiger charge is 2.27. The summed E-state index contributed by atoms with van der Waals surface area (Å²) in [6.45, 7) is 2.07. The number of ether oxygens (including phenoxy) is 1. The Morgan fingerprint density at radius 1 is 1.18 bits per heavy atom. The molecule has 1 unspecified atom stereocenters. The van der Waals surface area contributed by atoms with E-state index in [-0.39, 0.29) is 12.0 Å². The zero-order chi connectivity index (χ0) is 15.7. The maximum atomic E-state index is 12.0. The highest BCUT2D eigenvalue weighted by atomic mass is 32.1. The van der Waals surface area contributed by atoms with Gasteiger partial charge in [0.15, 0.2) is 5.11 Å². The van der Waals surface area contributed by atoms with Gasteiger partial charge in [0, 0.05) is 6.20 Å². The second-order valence-corrected chi connectivity index (χ2v) is 5.66. The predicted molar refractivity (Wildman–Crippen MR) is 90.4 cm³/mol. The minimum atomic E-state index is -0.378. The Kier molecular flexibility index (Phi) is 3.81. The smallest absolute Gasteiger partial charge is 0.337 e. The number of rotatable bonds is 2. The Hall–Kier alpha value is -2.40. The maximum absolute atomic E-state index is 12.0. The van der Waals surface area contributed by atoms with Crippen molar-refractivity contribution in [3.05, 3.63) is 59.3 Å². The second-order valence-electron chi connectivity index (χ2n) is 5.25.